The Balaban J connectivity index is 2.02. The Morgan fingerprint density at radius 3 is 3.00 bits per heavy atom. The van der Waals surface area contributed by atoms with Crippen molar-refractivity contribution in [2.45, 2.75) is 13.0 Å². The zero-order chi connectivity index (χ0) is 11.8. The molecule has 86 valence electrons. The molecule has 2 aromatic rings. The van der Waals surface area contributed by atoms with Gasteiger partial charge >= 0.3 is 0 Å². The van der Waals surface area contributed by atoms with Crippen molar-refractivity contribution in [3.63, 3.8) is 0 Å². The molecule has 1 aromatic carbocycles. The minimum absolute atomic E-state index is 0.0508. The van der Waals surface area contributed by atoms with Crippen LogP contribution < -0.4 is 10.1 Å². The van der Waals surface area contributed by atoms with E-state index in [1.54, 1.807) is 11.3 Å². The third-order valence-electron chi connectivity index (χ3n) is 2.72. The fourth-order valence-electron chi connectivity index (χ4n) is 1.80. The first kappa shape index (κ1) is 10.7. The zero-order valence-corrected chi connectivity index (χ0v) is 10.9. The number of fused-ring (bicyclic) bond motifs is 1. The smallest absolute Gasteiger partial charge is 0.146 e. The second-order valence-corrected chi connectivity index (χ2v) is 5.33. The summed E-state index contributed by atoms with van der Waals surface area (Å²) in [6.45, 7) is 1.95. The van der Waals surface area contributed by atoms with E-state index in [1.807, 2.05) is 13.0 Å². The van der Waals surface area contributed by atoms with Gasteiger partial charge in [-0.2, -0.15) is 0 Å². The maximum atomic E-state index is 5.72. The van der Waals surface area contributed by atoms with E-state index >= 15 is 0 Å². The Kier molecular flexibility index (Phi) is 2.61. The number of ether oxygens (including phenoxy) is 1. The van der Waals surface area contributed by atoms with Crippen LogP contribution in [0.15, 0.2) is 35.7 Å². The molecule has 3 rings (SSSR count). The number of hydrogen-bond acceptors (Lipinski definition) is 3. The highest BCUT2D eigenvalue weighted by Crippen LogP contribution is 2.35. The highest BCUT2D eigenvalue weighted by Gasteiger charge is 2.20. The van der Waals surface area contributed by atoms with Crippen LogP contribution in [-0.2, 0) is 0 Å². The first-order valence-electron chi connectivity index (χ1n) is 5.39. The number of rotatable bonds is 1. The van der Waals surface area contributed by atoms with Crippen molar-refractivity contribution in [3.05, 3.63) is 35.7 Å². The van der Waals surface area contributed by atoms with E-state index in [1.165, 1.54) is 10.4 Å². The molecule has 2 heterocycles. The molecule has 0 amide bonds. The van der Waals surface area contributed by atoms with Crippen molar-refractivity contribution in [2.24, 2.45) is 0 Å². The van der Waals surface area contributed by atoms with Gasteiger partial charge in [-0.15, -0.1) is 11.3 Å². The minimum Gasteiger partial charge on any atom is -0.481 e. The maximum Gasteiger partial charge on any atom is 0.146 e. The number of hydrogen-bond donors (Lipinski definition) is 1. The average molecular weight is 261 g/mol. The lowest BCUT2D eigenvalue weighted by Gasteiger charge is -2.25. The molecule has 0 fully saturated rings. The summed E-state index contributed by atoms with van der Waals surface area (Å²) in [7, 11) is 0. The van der Waals surface area contributed by atoms with Crippen LogP contribution in [0.4, 0.5) is 5.69 Å². The number of anilines is 1. The Morgan fingerprint density at radius 1 is 1.35 bits per heavy atom. The fourth-order valence-corrected chi connectivity index (χ4v) is 2.69. The molecule has 0 saturated carbocycles. The van der Waals surface area contributed by atoms with Gasteiger partial charge in [0.05, 0.1) is 5.69 Å². The molecule has 0 spiro atoms. The Morgan fingerprint density at radius 2 is 2.24 bits per heavy atom. The number of thiophene rings is 1. The minimum atomic E-state index is -0.0508. The SMILES string of the molecule is CC1Oc2ccc(-c3cccs3)cc2NC1=S. The van der Waals surface area contributed by atoms with E-state index in [0.29, 0.717) is 0 Å². The second-order valence-electron chi connectivity index (χ2n) is 3.94. The predicted molar refractivity (Wildman–Crippen MR) is 76.1 cm³/mol. The third-order valence-corrected chi connectivity index (χ3v) is 4.07. The molecule has 0 radical (unpaired) electrons. The molecule has 1 unspecified atom stereocenters. The average Bonchev–Trinajstić information content (AvgIpc) is 2.83. The molecule has 1 aliphatic rings. The summed E-state index contributed by atoms with van der Waals surface area (Å²) < 4.78 is 5.72. The molecule has 0 aliphatic carbocycles. The number of thiocarbonyl (C=S) groups is 1. The van der Waals surface area contributed by atoms with Crippen molar-refractivity contribution in [1.29, 1.82) is 0 Å². The lowest BCUT2D eigenvalue weighted by Crippen LogP contribution is -2.32. The summed E-state index contributed by atoms with van der Waals surface area (Å²) in [6, 6.07) is 10.3. The molecular weight excluding hydrogens is 250 g/mol. The quantitative estimate of drug-likeness (QED) is 0.786. The van der Waals surface area contributed by atoms with Gasteiger partial charge in [0.25, 0.3) is 0 Å². The van der Waals surface area contributed by atoms with E-state index in [-0.39, 0.29) is 6.10 Å². The van der Waals surface area contributed by atoms with Gasteiger partial charge < -0.3 is 10.1 Å². The number of benzene rings is 1. The third kappa shape index (κ3) is 1.94. The van der Waals surface area contributed by atoms with Gasteiger partial charge in [0.1, 0.15) is 16.8 Å². The molecular formula is C13H11NOS2. The summed E-state index contributed by atoms with van der Waals surface area (Å²) >= 11 is 6.94. The summed E-state index contributed by atoms with van der Waals surface area (Å²) in [5, 5.41) is 5.30. The number of nitrogens with one attached hydrogen (secondary N) is 1. The summed E-state index contributed by atoms with van der Waals surface area (Å²) in [5.74, 6) is 0.867. The van der Waals surface area contributed by atoms with Crippen molar-refractivity contribution in [3.8, 4) is 16.2 Å². The van der Waals surface area contributed by atoms with Crippen molar-refractivity contribution < 1.29 is 4.74 Å². The van der Waals surface area contributed by atoms with Gasteiger partial charge in [-0.25, -0.2) is 0 Å². The molecule has 1 atom stereocenters. The Hall–Kier alpha value is -1.39. The van der Waals surface area contributed by atoms with Crippen molar-refractivity contribution in [2.75, 3.05) is 5.32 Å². The van der Waals surface area contributed by atoms with Gasteiger partial charge in [-0.3, -0.25) is 0 Å². The van der Waals surface area contributed by atoms with Crippen LogP contribution in [0.5, 0.6) is 5.75 Å². The highest BCUT2D eigenvalue weighted by atomic mass is 32.1. The van der Waals surface area contributed by atoms with Crippen molar-refractivity contribution >= 4 is 34.2 Å². The summed E-state index contributed by atoms with van der Waals surface area (Å²) in [6.07, 6.45) is -0.0508. The van der Waals surface area contributed by atoms with Gasteiger partial charge in [-0.05, 0) is 42.1 Å². The Labute approximate surface area is 109 Å². The highest BCUT2D eigenvalue weighted by molar-refractivity contribution is 7.80. The van der Waals surface area contributed by atoms with Gasteiger partial charge in [0.15, 0.2) is 0 Å². The largest absolute Gasteiger partial charge is 0.481 e. The van der Waals surface area contributed by atoms with Crippen LogP contribution >= 0.6 is 23.6 Å². The van der Waals surface area contributed by atoms with Gasteiger partial charge in [0, 0.05) is 4.88 Å². The normalized spacial score (nSPS) is 18.2. The van der Waals surface area contributed by atoms with Crippen LogP contribution in [0.1, 0.15) is 6.92 Å². The van der Waals surface area contributed by atoms with Crippen LogP contribution in [0.25, 0.3) is 10.4 Å². The van der Waals surface area contributed by atoms with Crippen LogP contribution in [0.2, 0.25) is 0 Å². The van der Waals surface area contributed by atoms with E-state index in [0.717, 1.165) is 16.4 Å². The standard InChI is InChI=1S/C13H11NOS2/c1-8-13(16)14-10-7-9(4-5-11(10)15-8)12-3-2-6-17-12/h2-8H,1H3,(H,14,16). The molecule has 0 saturated heterocycles. The Bertz CT molecular complexity index is 563. The molecule has 4 heteroatoms. The second kappa shape index (κ2) is 4.13. The summed E-state index contributed by atoms with van der Waals surface area (Å²) in [5.41, 5.74) is 2.14. The van der Waals surface area contributed by atoms with E-state index < -0.39 is 0 Å². The van der Waals surface area contributed by atoms with E-state index in [9.17, 15) is 0 Å². The first-order chi connectivity index (χ1) is 8.24. The van der Waals surface area contributed by atoms with Gasteiger partial charge in [-0.1, -0.05) is 18.3 Å². The van der Waals surface area contributed by atoms with Crippen molar-refractivity contribution in [1.82, 2.24) is 0 Å². The fraction of sp³-hybridized carbons (Fsp3) is 0.154. The van der Waals surface area contributed by atoms with Crippen LogP contribution in [0.3, 0.4) is 0 Å². The predicted octanol–water partition coefficient (Wildman–Crippen LogP) is 3.94. The summed E-state index contributed by atoms with van der Waals surface area (Å²) in [4.78, 5) is 1.99. The van der Waals surface area contributed by atoms with Crippen LogP contribution in [0, 0.1) is 0 Å². The van der Waals surface area contributed by atoms with Crippen LogP contribution in [-0.4, -0.2) is 11.1 Å². The topological polar surface area (TPSA) is 21.3 Å². The van der Waals surface area contributed by atoms with E-state index in [2.05, 4.69) is 35.0 Å². The zero-order valence-electron chi connectivity index (χ0n) is 9.27. The molecule has 1 aliphatic heterocycles. The molecule has 0 bridgehead atoms. The molecule has 2 nitrogen and oxygen atoms in total. The maximum absolute atomic E-state index is 5.72. The molecule has 17 heavy (non-hydrogen) atoms. The van der Waals surface area contributed by atoms with Gasteiger partial charge in [0.2, 0.25) is 0 Å². The first-order valence-corrected chi connectivity index (χ1v) is 6.68. The molecule has 1 aromatic heterocycles. The molecule has 1 N–H and O–H groups in total. The van der Waals surface area contributed by atoms with E-state index in [4.69, 9.17) is 17.0 Å². The monoisotopic (exact) mass is 261 g/mol. The lowest BCUT2D eigenvalue weighted by atomic mass is 10.1. The lowest BCUT2D eigenvalue weighted by molar-refractivity contribution is 0.286.